The van der Waals surface area contributed by atoms with Gasteiger partial charge in [-0.25, -0.2) is 4.79 Å². The van der Waals surface area contributed by atoms with Crippen molar-refractivity contribution in [1.82, 2.24) is 25.6 Å². The quantitative estimate of drug-likeness (QED) is 0.813. The maximum absolute atomic E-state index is 12.2. The van der Waals surface area contributed by atoms with Crippen LogP contribution in [0.3, 0.4) is 0 Å². The van der Waals surface area contributed by atoms with Gasteiger partial charge in [0, 0.05) is 44.8 Å². The van der Waals surface area contributed by atoms with E-state index in [2.05, 4.69) is 25.6 Å². The van der Waals surface area contributed by atoms with Gasteiger partial charge in [0.25, 0.3) is 0 Å². The zero-order valence-corrected chi connectivity index (χ0v) is 14.2. The number of piperazine rings is 1. The van der Waals surface area contributed by atoms with Gasteiger partial charge in [-0.2, -0.15) is 0 Å². The Bertz CT molecular complexity index is 590. The van der Waals surface area contributed by atoms with Gasteiger partial charge in [-0.1, -0.05) is 5.16 Å². The molecule has 0 aromatic carbocycles. The summed E-state index contributed by atoms with van der Waals surface area (Å²) in [6.45, 7) is 7.78. The first-order chi connectivity index (χ1) is 11.5. The van der Waals surface area contributed by atoms with Crippen LogP contribution in [-0.2, 0) is 11.3 Å². The highest BCUT2D eigenvalue weighted by Crippen LogP contribution is 2.18. The van der Waals surface area contributed by atoms with Crippen molar-refractivity contribution in [1.29, 1.82) is 0 Å². The van der Waals surface area contributed by atoms with E-state index in [9.17, 15) is 9.59 Å². The van der Waals surface area contributed by atoms with Crippen LogP contribution >= 0.6 is 0 Å². The average molecular weight is 335 g/mol. The lowest BCUT2D eigenvalue weighted by molar-refractivity contribution is -0.125. The van der Waals surface area contributed by atoms with Crippen molar-refractivity contribution in [3.63, 3.8) is 0 Å². The first-order valence-electron chi connectivity index (χ1n) is 8.51. The Morgan fingerprint density at radius 1 is 1.33 bits per heavy atom. The summed E-state index contributed by atoms with van der Waals surface area (Å²) in [4.78, 5) is 28.2. The van der Waals surface area contributed by atoms with Crippen LogP contribution in [0.4, 0.5) is 4.79 Å². The fraction of sp³-hybridized carbons (Fsp3) is 0.688. The van der Waals surface area contributed by atoms with Crippen LogP contribution in [0.2, 0.25) is 0 Å². The van der Waals surface area contributed by atoms with Crippen molar-refractivity contribution in [2.24, 2.45) is 0 Å². The number of imide groups is 1. The molecule has 1 aliphatic carbocycles. The minimum Gasteiger partial charge on any atom is -0.361 e. The largest absolute Gasteiger partial charge is 0.361 e. The third-order valence-corrected chi connectivity index (χ3v) is 4.55. The number of carbonyl (C=O) groups excluding carboxylic acids is 2. The lowest BCUT2D eigenvalue weighted by Gasteiger charge is -2.36. The standard InChI is InChI=1S/C16H25N5O3/c1-11-9-14(19-24-11)10-20-5-7-21(8-6-20)12(2)15(22)18-16(23)17-13-3-4-13/h9,12-13H,3-8,10H2,1-2H3,(H2,17,18,22,23). The lowest BCUT2D eigenvalue weighted by Crippen LogP contribution is -2.55. The number of urea groups is 1. The summed E-state index contributed by atoms with van der Waals surface area (Å²) in [5.74, 6) is 0.576. The fourth-order valence-corrected chi connectivity index (χ4v) is 2.86. The molecule has 2 N–H and O–H groups in total. The number of carbonyl (C=O) groups is 2. The van der Waals surface area contributed by atoms with Crippen LogP contribution in [0.25, 0.3) is 0 Å². The Balaban J connectivity index is 1.41. The number of rotatable bonds is 5. The van der Waals surface area contributed by atoms with E-state index < -0.39 is 0 Å². The molecule has 2 aliphatic rings. The number of hydrogen-bond donors (Lipinski definition) is 2. The van der Waals surface area contributed by atoms with Crippen molar-refractivity contribution in [3.05, 3.63) is 17.5 Å². The van der Waals surface area contributed by atoms with Gasteiger partial charge in [0.1, 0.15) is 5.76 Å². The maximum Gasteiger partial charge on any atom is 0.321 e. The second-order valence-corrected chi connectivity index (χ2v) is 6.65. The van der Waals surface area contributed by atoms with Crippen LogP contribution in [0.1, 0.15) is 31.2 Å². The van der Waals surface area contributed by atoms with Gasteiger partial charge in [-0.3, -0.25) is 19.9 Å². The molecule has 24 heavy (non-hydrogen) atoms. The van der Waals surface area contributed by atoms with Crippen LogP contribution in [-0.4, -0.2) is 65.2 Å². The molecular weight excluding hydrogens is 310 g/mol. The van der Waals surface area contributed by atoms with E-state index in [1.807, 2.05) is 19.9 Å². The number of nitrogens with zero attached hydrogens (tertiary/aromatic N) is 3. The van der Waals surface area contributed by atoms with E-state index in [0.29, 0.717) is 0 Å². The van der Waals surface area contributed by atoms with Gasteiger partial charge in [0.2, 0.25) is 5.91 Å². The highest BCUT2D eigenvalue weighted by Gasteiger charge is 2.28. The molecule has 0 spiro atoms. The monoisotopic (exact) mass is 335 g/mol. The summed E-state index contributed by atoms with van der Waals surface area (Å²) in [7, 11) is 0. The third kappa shape index (κ3) is 4.55. The summed E-state index contributed by atoms with van der Waals surface area (Å²) in [5.41, 5.74) is 0.934. The molecule has 3 rings (SSSR count). The maximum atomic E-state index is 12.2. The van der Waals surface area contributed by atoms with Crippen LogP contribution in [0, 0.1) is 6.92 Å². The summed E-state index contributed by atoms with van der Waals surface area (Å²) < 4.78 is 5.09. The second-order valence-electron chi connectivity index (χ2n) is 6.65. The molecule has 2 heterocycles. The van der Waals surface area contributed by atoms with Crippen molar-refractivity contribution >= 4 is 11.9 Å². The molecule has 8 heteroatoms. The molecule has 8 nitrogen and oxygen atoms in total. The smallest absolute Gasteiger partial charge is 0.321 e. The molecule has 1 atom stereocenters. The Morgan fingerprint density at radius 3 is 2.62 bits per heavy atom. The first-order valence-corrected chi connectivity index (χ1v) is 8.51. The molecule has 1 aromatic rings. The van der Waals surface area contributed by atoms with Gasteiger partial charge in [-0.15, -0.1) is 0 Å². The van der Waals surface area contributed by atoms with Crippen molar-refractivity contribution in [2.45, 2.75) is 45.3 Å². The molecule has 1 aliphatic heterocycles. The first kappa shape index (κ1) is 16.9. The predicted molar refractivity (Wildman–Crippen MR) is 87.2 cm³/mol. The number of nitrogens with one attached hydrogen (secondary N) is 2. The normalized spacial score (nSPS) is 20.6. The number of aromatic nitrogens is 1. The fourth-order valence-electron chi connectivity index (χ4n) is 2.86. The van der Waals surface area contributed by atoms with Gasteiger partial charge in [0.05, 0.1) is 11.7 Å². The Kier molecular flexibility index (Phi) is 5.15. The Labute approximate surface area is 141 Å². The van der Waals surface area contributed by atoms with E-state index in [-0.39, 0.29) is 24.0 Å². The molecule has 1 saturated heterocycles. The van der Waals surface area contributed by atoms with Gasteiger partial charge < -0.3 is 9.84 Å². The molecule has 1 saturated carbocycles. The van der Waals surface area contributed by atoms with E-state index >= 15 is 0 Å². The van der Waals surface area contributed by atoms with Crippen LogP contribution in [0.5, 0.6) is 0 Å². The van der Waals surface area contributed by atoms with Crippen molar-refractivity contribution < 1.29 is 14.1 Å². The average Bonchev–Trinajstić information content (AvgIpc) is 3.27. The molecule has 1 unspecified atom stereocenters. The molecule has 0 bridgehead atoms. The molecule has 132 valence electrons. The third-order valence-electron chi connectivity index (χ3n) is 4.55. The predicted octanol–water partition coefficient (Wildman–Crippen LogP) is 0.477. The Hall–Kier alpha value is -1.93. The summed E-state index contributed by atoms with van der Waals surface area (Å²) in [5, 5.41) is 9.22. The summed E-state index contributed by atoms with van der Waals surface area (Å²) >= 11 is 0. The molecule has 0 radical (unpaired) electrons. The minimum absolute atomic E-state index is 0.242. The molecule has 3 amide bonds. The van der Waals surface area contributed by atoms with E-state index in [4.69, 9.17) is 4.52 Å². The Morgan fingerprint density at radius 2 is 2.04 bits per heavy atom. The zero-order valence-electron chi connectivity index (χ0n) is 14.2. The molecular formula is C16H25N5O3. The number of aryl methyl sites for hydroxylation is 1. The zero-order chi connectivity index (χ0) is 17.1. The van der Waals surface area contributed by atoms with E-state index in [1.165, 1.54) is 0 Å². The number of amides is 3. The van der Waals surface area contributed by atoms with Crippen LogP contribution in [0.15, 0.2) is 10.6 Å². The topological polar surface area (TPSA) is 90.7 Å². The van der Waals surface area contributed by atoms with Gasteiger partial charge in [-0.05, 0) is 26.7 Å². The number of hydrogen-bond acceptors (Lipinski definition) is 6. The van der Waals surface area contributed by atoms with Crippen LogP contribution < -0.4 is 10.6 Å². The second kappa shape index (κ2) is 7.31. The summed E-state index contributed by atoms with van der Waals surface area (Å²) in [6, 6.07) is 1.50. The minimum atomic E-state index is -0.380. The SMILES string of the molecule is Cc1cc(CN2CCN(C(C)C(=O)NC(=O)NC3CC3)CC2)no1. The van der Waals surface area contributed by atoms with Gasteiger partial charge in [0.15, 0.2) is 0 Å². The summed E-state index contributed by atoms with van der Waals surface area (Å²) in [6.07, 6.45) is 2.01. The van der Waals surface area contributed by atoms with E-state index in [1.54, 1.807) is 0 Å². The molecule has 2 fully saturated rings. The molecule has 1 aromatic heterocycles. The van der Waals surface area contributed by atoms with Crippen molar-refractivity contribution in [3.8, 4) is 0 Å². The highest BCUT2D eigenvalue weighted by atomic mass is 16.5. The van der Waals surface area contributed by atoms with E-state index in [0.717, 1.165) is 57.0 Å². The highest BCUT2D eigenvalue weighted by molar-refractivity contribution is 5.97. The van der Waals surface area contributed by atoms with Crippen molar-refractivity contribution in [2.75, 3.05) is 26.2 Å². The van der Waals surface area contributed by atoms with Gasteiger partial charge >= 0.3 is 6.03 Å². The lowest BCUT2D eigenvalue weighted by atomic mass is 10.2.